The second-order valence-electron chi connectivity index (χ2n) is 2.82. The SMILES string of the molecule is C.C.C.C.CCC.CCC(C)=O.CCC(C)=O. The minimum Gasteiger partial charge on any atom is -0.300 e. The summed E-state index contributed by atoms with van der Waals surface area (Å²) in [5, 5.41) is 0. The van der Waals surface area contributed by atoms with Gasteiger partial charge in [0.15, 0.2) is 0 Å². The zero-order valence-electron chi connectivity index (χ0n) is 9.94. The molecular formula is C15H40O2. The van der Waals surface area contributed by atoms with Crippen LogP contribution in [0.4, 0.5) is 0 Å². The molecule has 17 heavy (non-hydrogen) atoms. The summed E-state index contributed by atoms with van der Waals surface area (Å²) in [5.74, 6) is 0.509. The Morgan fingerprint density at radius 2 is 0.706 bits per heavy atom. The molecule has 0 saturated heterocycles. The highest BCUT2D eigenvalue weighted by atomic mass is 16.1. The quantitative estimate of drug-likeness (QED) is 0.610. The van der Waals surface area contributed by atoms with Crippen LogP contribution in [0.5, 0.6) is 0 Å². The molecule has 0 heterocycles. The van der Waals surface area contributed by atoms with Crippen molar-refractivity contribution in [3.63, 3.8) is 0 Å². The van der Waals surface area contributed by atoms with Gasteiger partial charge in [0.2, 0.25) is 0 Å². The van der Waals surface area contributed by atoms with Crippen LogP contribution < -0.4 is 0 Å². The van der Waals surface area contributed by atoms with Crippen molar-refractivity contribution in [2.75, 3.05) is 0 Å². The van der Waals surface area contributed by atoms with Crippen molar-refractivity contribution in [1.29, 1.82) is 0 Å². The summed E-state index contributed by atoms with van der Waals surface area (Å²) in [5.41, 5.74) is 0. The lowest BCUT2D eigenvalue weighted by Crippen LogP contribution is -1.80. The zero-order valence-corrected chi connectivity index (χ0v) is 9.94. The van der Waals surface area contributed by atoms with E-state index in [-0.39, 0.29) is 41.3 Å². The van der Waals surface area contributed by atoms with Gasteiger partial charge in [0.25, 0.3) is 0 Å². The molecule has 112 valence electrons. The number of Topliss-reactive ketones (excluding diaryl/α,β-unsaturated/α-hetero) is 2. The molecule has 0 amide bonds. The number of hydrogen-bond acceptors (Lipinski definition) is 2. The van der Waals surface area contributed by atoms with E-state index < -0.39 is 0 Å². The summed E-state index contributed by atoms with van der Waals surface area (Å²) >= 11 is 0. The Hall–Kier alpha value is -0.660. The van der Waals surface area contributed by atoms with Crippen LogP contribution in [0.1, 0.15) is 90.5 Å². The van der Waals surface area contributed by atoms with E-state index in [1.807, 2.05) is 13.8 Å². The highest BCUT2D eigenvalue weighted by molar-refractivity contribution is 5.75. The Morgan fingerprint density at radius 3 is 0.706 bits per heavy atom. The van der Waals surface area contributed by atoms with E-state index in [1.165, 1.54) is 6.42 Å². The van der Waals surface area contributed by atoms with E-state index in [2.05, 4.69) is 13.8 Å². The molecule has 0 aromatic heterocycles. The molecular weight excluding hydrogens is 212 g/mol. The normalized spacial score (nSPS) is 5.53. The van der Waals surface area contributed by atoms with E-state index in [0.717, 1.165) is 0 Å². The fraction of sp³-hybridized carbons (Fsp3) is 0.867. The van der Waals surface area contributed by atoms with Crippen molar-refractivity contribution >= 4 is 11.6 Å². The van der Waals surface area contributed by atoms with Gasteiger partial charge < -0.3 is 9.59 Å². The predicted molar refractivity (Wildman–Crippen MR) is 84.8 cm³/mol. The second-order valence-corrected chi connectivity index (χ2v) is 2.82. The fourth-order valence-corrected chi connectivity index (χ4v) is 0. The molecule has 0 atom stereocenters. The molecule has 0 saturated carbocycles. The van der Waals surface area contributed by atoms with E-state index >= 15 is 0 Å². The van der Waals surface area contributed by atoms with Gasteiger partial charge in [-0.25, -0.2) is 0 Å². The molecule has 0 radical (unpaired) electrons. The van der Waals surface area contributed by atoms with Gasteiger partial charge in [-0.15, -0.1) is 0 Å². The van der Waals surface area contributed by atoms with E-state index in [0.29, 0.717) is 12.8 Å². The Balaban J connectivity index is -0.0000000162. The Bertz CT molecular complexity index is 104. The Labute approximate surface area is 112 Å². The van der Waals surface area contributed by atoms with Gasteiger partial charge in [-0.05, 0) is 13.8 Å². The van der Waals surface area contributed by atoms with Crippen molar-refractivity contribution in [3.05, 3.63) is 0 Å². The molecule has 2 nitrogen and oxygen atoms in total. The minimum absolute atomic E-state index is 0. The third-order valence-electron chi connectivity index (χ3n) is 0.996. The second kappa shape index (κ2) is 45.4. The number of carbonyl (C=O) groups excluding carboxylic acids is 2. The summed E-state index contributed by atoms with van der Waals surface area (Å²) in [6.45, 7) is 11.1. The first-order valence-corrected chi connectivity index (χ1v) is 4.94. The lowest BCUT2D eigenvalue weighted by atomic mass is 10.4. The van der Waals surface area contributed by atoms with Crippen LogP contribution in [-0.4, -0.2) is 11.6 Å². The Kier molecular flexibility index (Phi) is 118. The first-order valence-electron chi connectivity index (χ1n) is 4.94. The average Bonchev–Trinajstić information content (AvgIpc) is 2.07. The van der Waals surface area contributed by atoms with Crippen LogP contribution in [0.3, 0.4) is 0 Å². The molecule has 0 aliphatic carbocycles. The fourth-order valence-electron chi connectivity index (χ4n) is 0. The molecule has 0 rings (SSSR count). The summed E-state index contributed by atoms with van der Waals surface area (Å²) in [6, 6.07) is 0. The smallest absolute Gasteiger partial charge is 0.129 e. The average molecular weight is 252 g/mol. The monoisotopic (exact) mass is 252 g/mol. The van der Waals surface area contributed by atoms with Crippen molar-refractivity contribution in [3.8, 4) is 0 Å². The number of rotatable bonds is 2. The van der Waals surface area contributed by atoms with Gasteiger partial charge in [0.05, 0.1) is 0 Å². The Morgan fingerprint density at radius 1 is 0.647 bits per heavy atom. The van der Waals surface area contributed by atoms with Gasteiger partial charge in [0.1, 0.15) is 11.6 Å². The maximum absolute atomic E-state index is 9.81. The summed E-state index contributed by atoms with van der Waals surface area (Å²) in [6.07, 6.45) is 2.58. The lowest BCUT2D eigenvalue weighted by Gasteiger charge is -1.71. The maximum Gasteiger partial charge on any atom is 0.129 e. The van der Waals surface area contributed by atoms with Crippen molar-refractivity contribution in [2.45, 2.75) is 90.5 Å². The first kappa shape index (κ1) is 44.1. The van der Waals surface area contributed by atoms with Gasteiger partial charge in [-0.1, -0.05) is 63.8 Å². The number of ketones is 2. The van der Waals surface area contributed by atoms with E-state index in [9.17, 15) is 9.59 Å². The van der Waals surface area contributed by atoms with Crippen LogP contribution in [-0.2, 0) is 9.59 Å². The van der Waals surface area contributed by atoms with Gasteiger partial charge >= 0.3 is 0 Å². The molecule has 0 aliphatic heterocycles. The van der Waals surface area contributed by atoms with Crippen molar-refractivity contribution < 1.29 is 9.59 Å². The molecule has 0 aliphatic rings. The minimum atomic E-state index is 0. The van der Waals surface area contributed by atoms with Crippen LogP contribution in [0, 0.1) is 0 Å². The van der Waals surface area contributed by atoms with Gasteiger partial charge in [-0.3, -0.25) is 0 Å². The standard InChI is InChI=1S/2C4H8O.C3H8.4CH4/c2*1-3-4(2)5;1-3-2;;;;/h2*3H2,1-2H3;3H2,1-2H3;4*1H4. The number of carbonyl (C=O) groups is 2. The van der Waals surface area contributed by atoms with Crippen LogP contribution in [0.25, 0.3) is 0 Å². The largest absolute Gasteiger partial charge is 0.300 e. The molecule has 0 aromatic rings. The molecule has 0 aromatic carbocycles. The molecule has 0 bridgehead atoms. The highest BCUT2D eigenvalue weighted by Gasteiger charge is 1.77. The van der Waals surface area contributed by atoms with Crippen LogP contribution in [0.15, 0.2) is 0 Å². The summed E-state index contributed by atoms with van der Waals surface area (Å²) in [7, 11) is 0. The zero-order chi connectivity index (χ0) is 11.3. The lowest BCUT2D eigenvalue weighted by molar-refractivity contribution is -0.117. The van der Waals surface area contributed by atoms with Crippen molar-refractivity contribution in [2.24, 2.45) is 0 Å². The third kappa shape index (κ3) is 245. The molecule has 0 unspecified atom stereocenters. The van der Waals surface area contributed by atoms with Gasteiger partial charge in [-0.2, -0.15) is 0 Å². The van der Waals surface area contributed by atoms with Crippen molar-refractivity contribution in [1.82, 2.24) is 0 Å². The third-order valence-corrected chi connectivity index (χ3v) is 0.996. The summed E-state index contributed by atoms with van der Waals surface area (Å²) in [4.78, 5) is 19.6. The molecule has 0 spiro atoms. The summed E-state index contributed by atoms with van der Waals surface area (Å²) < 4.78 is 0. The molecule has 2 heteroatoms. The number of hydrogen-bond donors (Lipinski definition) is 0. The van der Waals surface area contributed by atoms with E-state index in [4.69, 9.17) is 0 Å². The predicted octanol–water partition coefficient (Wildman–Crippen LogP) is 5.93. The van der Waals surface area contributed by atoms with E-state index in [1.54, 1.807) is 13.8 Å². The van der Waals surface area contributed by atoms with Gasteiger partial charge in [0, 0.05) is 12.8 Å². The molecule has 0 N–H and O–H groups in total. The highest BCUT2D eigenvalue weighted by Crippen LogP contribution is 1.72. The first-order chi connectivity index (χ1) is 5.95. The van der Waals surface area contributed by atoms with Crippen LogP contribution in [0.2, 0.25) is 0 Å². The topological polar surface area (TPSA) is 34.1 Å². The molecule has 0 fully saturated rings. The van der Waals surface area contributed by atoms with Crippen LogP contribution >= 0.6 is 0 Å². The maximum atomic E-state index is 9.81.